The Labute approximate surface area is 123 Å². The van der Waals surface area contributed by atoms with Gasteiger partial charge < -0.3 is 5.32 Å². The molecule has 106 valence electrons. The van der Waals surface area contributed by atoms with E-state index in [0.29, 0.717) is 0 Å². The van der Waals surface area contributed by atoms with E-state index in [4.69, 9.17) is 11.6 Å². The van der Waals surface area contributed by atoms with E-state index in [1.54, 1.807) is 11.3 Å². The fraction of sp³-hybridized carbons (Fsp3) is 0.643. The number of nitrogens with zero attached hydrogens (tertiary/aromatic N) is 1. The largest absolute Gasteiger partial charge is 0.354 e. The highest BCUT2D eigenvalue weighted by Gasteiger charge is 2.26. The molecule has 2 rings (SSSR count). The van der Waals surface area contributed by atoms with Crippen LogP contribution in [0.15, 0.2) is 11.4 Å². The number of thiophene rings is 1. The van der Waals surface area contributed by atoms with Gasteiger partial charge in [-0.1, -0.05) is 11.6 Å². The predicted octanol–water partition coefficient (Wildman–Crippen LogP) is 3.14. The number of piperidine rings is 1. The van der Waals surface area contributed by atoms with Crippen molar-refractivity contribution in [1.29, 1.82) is 0 Å². The lowest BCUT2D eigenvalue weighted by atomic mass is 9.97. The summed E-state index contributed by atoms with van der Waals surface area (Å²) in [6.07, 6.45) is 2.08. The van der Waals surface area contributed by atoms with Crippen LogP contribution in [0.5, 0.6) is 0 Å². The van der Waals surface area contributed by atoms with Crippen molar-refractivity contribution >= 4 is 28.8 Å². The van der Waals surface area contributed by atoms with E-state index in [1.807, 2.05) is 25.3 Å². The average Bonchev–Trinajstić information content (AvgIpc) is 2.75. The van der Waals surface area contributed by atoms with Gasteiger partial charge in [0.2, 0.25) is 5.91 Å². The van der Waals surface area contributed by atoms with Gasteiger partial charge in [-0.2, -0.15) is 0 Å². The predicted molar refractivity (Wildman–Crippen MR) is 80.6 cm³/mol. The topological polar surface area (TPSA) is 32.3 Å². The van der Waals surface area contributed by atoms with Crippen molar-refractivity contribution in [1.82, 2.24) is 10.2 Å². The Morgan fingerprint density at radius 1 is 1.63 bits per heavy atom. The van der Waals surface area contributed by atoms with Crippen molar-refractivity contribution < 1.29 is 4.79 Å². The lowest BCUT2D eigenvalue weighted by molar-refractivity contribution is -0.127. The van der Waals surface area contributed by atoms with Crippen LogP contribution < -0.4 is 5.32 Å². The molecular weight excluding hydrogens is 280 g/mol. The molecule has 0 aromatic carbocycles. The maximum absolute atomic E-state index is 12.1. The number of carbonyl (C=O) groups is 1. The standard InChI is InChI=1S/C14H21ClN2OS/c1-10(2)16-14(18)11-4-3-6-17(8-11)9-13-12(15)5-7-19-13/h5,7,10-11H,3-4,6,8-9H2,1-2H3,(H,16,18)/t11-/m0/s1. The second-order valence-corrected chi connectivity index (χ2v) is 6.84. The summed E-state index contributed by atoms with van der Waals surface area (Å²) in [4.78, 5) is 15.6. The van der Waals surface area contributed by atoms with Gasteiger partial charge in [0.15, 0.2) is 0 Å². The maximum atomic E-state index is 12.1. The van der Waals surface area contributed by atoms with Gasteiger partial charge in [0.05, 0.1) is 10.9 Å². The van der Waals surface area contributed by atoms with Crippen LogP contribution in [0.2, 0.25) is 5.02 Å². The molecule has 1 fully saturated rings. The van der Waals surface area contributed by atoms with Crippen molar-refractivity contribution in [2.45, 2.75) is 39.3 Å². The molecular formula is C14H21ClN2OS. The third-order valence-electron chi connectivity index (χ3n) is 3.37. The minimum atomic E-state index is 0.120. The zero-order chi connectivity index (χ0) is 13.8. The summed E-state index contributed by atoms with van der Waals surface area (Å²) in [7, 11) is 0. The Balaban J connectivity index is 1.90. The van der Waals surface area contributed by atoms with Crippen LogP contribution in [0.25, 0.3) is 0 Å². The molecule has 2 heterocycles. The summed E-state index contributed by atoms with van der Waals surface area (Å²) >= 11 is 7.82. The van der Waals surface area contributed by atoms with Gasteiger partial charge >= 0.3 is 0 Å². The van der Waals surface area contributed by atoms with E-state index < -0.39 is 0 Å². The lowest BCUT2D eigenvalue weighted by Crippen LogP contribution is -2.44. The first-order valence-electron chi connectivity index (χ1n) is 6.81. The first-order valence-corrected chi connectivity index (χ1v) is 8.06. The molecule has 0 unspecified atom stereocenters. The molecule has 0 saturated carbocycles. The molecule has 0 radical (unpaired) electrons. The van der Waals surface area contributed by atoms with E-state index >= 15 is 0 Å². The molecule has 0 aliphatic carbocycles. The van der Waals surface area contributed by atoms with Gasteiger partial charge in [-0.3, -0.25) is 9.69 Å². The fourth-order valence-corrected chi connectivity index (χ4v) is 3.59. The number of nitrogens with one attached hydrogen (secondary N) is 1. The number of hydrogen-bond acceptors (Lipinski definition) is 3. The molecule has 3 nitrogen and oxygen atoms in total. The highest BCUT2D eigenvalue weighted by molar-refractivity contribution is 7.10. The molecule has 5 heteroatoms. The molecule has 1 atom stereocenters. The third-order valence-corrected chi connectivity index (χ3v) is 4.74. The first kappa shape index (κ1) is 14.8. The summed E-state index contributed by atoms with van der Waals surface area (Å²) in [5.41, 5.74) is 0. The van der Waals surface area contributed by atoms with E-state index in [2.05, 4.69) is 10.2 Å². The third kappa shape index (κ3) is 4.20. The monoisotopic (exact) mass is 300 g/mol. The summed E-state index contributed by atoms with van der Waals surface area (Å²) in [6.45, 7) is 6.77. The van der Waals surface area contributed by atoms with Crippen LogP contribution >= 0.6 is 22.9 Å². The van der Waals surface area contributed by atoms with Gasteiger partial charge in [0.1, 0.15) is 0 Å². The Hall–Kier alpha value is -0.580. The molecule has 1 aliphatic rings. The molecule has 1 aromatic rings. The van der Waals surface area contributed by atoms with Crippen LogP contribution in [-0.4, -0.2) is 29.9 Å². The van der Waals surface area contributed by atoms with Crippen LogP contribution in [0.1, 0.15) is 31.6 Å². The van der Waals surface area contributed by atoms with E-state index in [0.717, 1.165) is 37.5 Å². The Bertz CT molecular complexity index is 433. The van der Waals surface area contributed by atoms with Gasteiger partial charge in [-0.05, 0) is 44.7 Å². The van der Waals surface area contributed by atoms with Crippen LogP contribution in [0.3, 0.4) is 0 Å². The number of likely N-dealkylation sites (tertiary alicyclic amines) is 1. The van der Waals surface area contributed by atoms with Gasteiger partial charge in [0, 0.05) is 24.0 Å². The van der Waals surface area contributed by atoms with Gasteiger partial charge in [-0.25, -0.2) is 0 Å². The van der Waals surface area contributed by atoms with E-state index in [1.165, 1.54) is 4.88 Å². The highest BCUT2D eigenvalue weighted by Crippen LogP contribution is 2.26. The molecule has 0 bridgehead atoms. The number of halogens is 1. The number of hydrogen-bond donors (Lipinski definition) is 1. The quantitative estimate of drug-likeness (QED) is 0.926. The molecule has 19 heavy (non-hydrogen) atoms. The van der Waals surface area contributed by atoms with Crippen LogP contribution in [0, 0.1) is 5.92 Å². The van der Waals surface area contributed by atoms with Crippen LogP contribution in [0.4, 0.5) is 0 Å². The maximum Gasteiger partial charge on any atom is 0.224 e. The minimum absolute atomic E-state index is 0.120. The summed E-state index contributed by atoms with van der Waals surface area (Å²) in [5.74, 6) is 0.312. The summed E-state index contributed by atoms with van der Waals surface area (Å²) in [5, 5.41) is 5.88. The van der Waals surface area contributed by atoms with Gasteiger partial charge in [-0.15, -0.1) is 11.3 Å². The molecule has 1 saturated heterocycles. The number of carbonyl (C=O) groups excluding carboxylic acids is 1. The molecule has 1 aromatic heterocycles. The van der Waals surface area contributed by atoms with Crippen molar-refractivity contribution in [2.75, 3.05) is 13.1 Å². The zero-order valence-electron chi connectivity index (χ0n) is 11.5. The highest BCUT2D eigenvalue weighted by atomic mass is 35.5. The number of amides is 1. The molecule has 1 N–H and O–H groups in total. The summed E-state index contributed by atoms with van der Waals surface area (Å²) in [6, 6.07) is 2.16. The normalized spacial score (nSPS) is 20.7. The van der Waals surface area contributed by atoms with E-state index in [9.17, 15) is 4.79 Å². The molecule has 0 spiro atoms. The fourth-order valence-electron chi connectivity index (χ4n) is 2.46. The second-order valence-electron chi connectivity index (χ2n) is 5.43. The zero-order valence-corrected chi connectivity index (χ0v) is 13.1. The minimum Gasteiger partial charge on any atom is -0.354 e. The smallest absolute Gasteiger partial charge is 0.224 e. The van der Waals surface area contributed by atoms with Crippen molar-refractivity contribution in [3.8, 4) is 0 Å². The first-order chi connectivity index (χ1) is 9.06. The van der Waals surface area contributed by atoms with Crippen LogP contribution in [-0.2, 0) is 11.3 Å². The number of rotatable bonds is 4. The SMILES string of the molecule is CC(C)NC(=O)[C@H]1CCCN(Cc2sccc2Cl)C1. The molecule has 1 aliphatic heterocycles. The van der Waals surface area contributed by atoms with Crippen molar-refractivity contribution in [3.05, 3.63) is 21.3 Å². The molecule has 1 amide bonds. The van der Waals surface area contributed by atoms with E-state index in [-0.39, 0.29) is 17.9 Å². The van der Waals surface area contributed by atoms with Crippen molar-refractivity contribution in [2.24, 2.45) is 5.92 Å². The Kier molecular flexibility index (Phi) is 5.25. The Morgan fingerprint density at radius 2 is 2.42 bits per heavy atom. The average molecular weight is 301 g/mol. The van der Waals surface area contributed by atoms with Gasteiger partial charge in [0.25, 0.3) is 0 Å². The second kappa shape index (κ2) is 6.73. The summed E-state index contributed by atoms with van der Waals surface area (Å²) < 4.78 is 0. The van der Waals surface area contributed by atoms with Crippen molar-refractivity contribution in [3.63, 3.8) is 0 Å². The Morgan fingerprint density at radius 3 is 3.05 bits per heavy atom. The lowest BCUT2D eigenvalue weighted by Gasteiger charge is -2.32.